The standard InChI is InChI=1S/C16H21N5O3/c1-11-15(16(22)17-9-10-19(3)4)12(2)20(18-11)13-5-7-14(8-6-13)21(23)24/h5-8H,9-10H2,1-4H3,(H,17,22). The quantitative estimate of drug-likeness (QED) is 0.642. The lowest BCUT2D eigenvalue weighted by atomic mass is 10.2. The molecule has 0 fully saturated rings. The molecule has 1 heterocycles. The summed E-state index contributed by atoms with van der Waals surface area (Å²) in [5, 5.41) is 18.0. The van der Waals surface area contributed by atoms with E-state index in [4.69, 9.17) is 0 Å². The SMILES string of the molecule is Cc1nn(-c2ccc([N+](=O)[O-])cc2)c(C)c1C(=O)NCCN(C)C. The number of likely N-dealkylation sites (N-methyl/N-ethyl adjacent to an activating group) is 1. The number of carbonyl (C=O) groups is 1. The fourth-order valence-electron chi connectivity index (χ4n) is 2.42. The van der Waals surface area contributed by atoms with Crippen molar-refractivity contribution in [2.24, 2.45) is 0 Å². The highest BCUT2D eigenvalue weighted by atomic mass is 16.6. The average molecular weight is 331 g/mol. The van der Waals surface area contributed by atoms with Crippen LogP contribution in [0.5, 0.6) is 0 Å². The fourth-order valence-corrected chi connectivity index (χ4v) is 2.42. The summed E-state index contributed by atoms with van der Waals surface area (Å²) in [6, 6.07) is 6.07. The van der Waals surface area contributed by atoms with Crippen LogP contribution in [0.2, 0.25) is 0 Å². The molecule has 8 heteroatoms. The van der Waals surface area contributed by atoms with Crippen molar-refractivity contribution in [3.63, 3.8) is 0 Å². The van der Waals surface area contributed by atoms with Gasteiger partial charge in [0.25, 0.3) is 11.6 Å². The number of benzene rings is 1. The van der Waals surface area contributed by atoms with Crippen LogP contribution in [0.25, 0.3) is 5.69 Å². The summed E-state index contributed by atoms with van der Waals surface area (Å²) in [7, 11) is 3.88. The Morgan fingerprint density at radius 1 is 1.29 bits per heavy atom. The van der Waals surface area contributed by atoms with E-state index < -0.39 is 4.92 Å². The molecule has 24 heavy (non-hydrogen) atoms. The first-order valence-corrected chi connectivity index (χ1v) is 7.55. The Hall–Kier alpha value is -2.74. The Labute approximate surface area is 140 Å². The number of nitrogens with zero attached hydrogens (tertiary/aromatic N) is 4. The second-order valence-electron chi connectivity index (χ2n) is 5.79. The molecule has 0 aliphatic rings. The molecule has 0 saturated carbocycles. The molecule has 1 amide bonds. The van der Waals surface area contributed by atoms with Gasteiger partial charge < -0.3 is 10.2 Å². The van der Waals surface area contributed by atoms with Gasteiger partial charge in [0.2, 0.25) is 0 Å². The molecule has 2 rings (SSSR count). The van der Waals surface area contributed by atoms with Crippen LogP contribution in [0.1, 0.15) is 21.7 Å². The largest absolute Gasteiger partial charge is 0.351 e. The molecule has 2 aromatic rings. The molecular formula is C16H21N5O3. The van der Waals surface area contributed by atoms with Crippen molar-refractivity contribution < 1.29 is 9.72 Å². The van der Waals surface area contributed by atoms with E-state index in [1.807, 2.05) is 25.9 Å². The summed E-state index contributed by atoms with van der Waals surface area (Å²) >= 11 is 0. The lowest BCUT2D eigenvalue weighted by molar-refractivity contribution is -0.384. The van der Waals surface area contributed by atoms with E-state index in [2.05, 4.69) is 10.4 Å². The molecule has 1 aromatic carbocycles. The summed E-state index contributed by atoms with van der Waals surface area (Å²) in [6.45, 7) is 4.88. The van der Waals surface area contributed by atoms with E-state index in [-0.39, 0.29) is 11.6 Å². The molecule has 0 saturated heterocycles. The minimum atomic E-state index is -0.450. The van der Waals surface area contributed by atoms with E-state index in [9.17, 15) is 14.9 Å². The third-order valence-electron chi connectivity index (χ3n) is 3.67. The predicted octanol–water partition coefficient (Wildman–Crippen LogP) is 1.69. The maximum Gasteiger partial charge on any atom is 0.269 e. The summed E-state index contributed by atoms with van der Waals surface area (Å²) in [5.74, 6) is -0.167. The Bertz CT molecular complexity index is 750. The molecule has 0 radical (unpaired) electrons. The summed E-state index contributed by atoms with van der Waals surface area (Å²) < 4.78 is 1.62. The summed E-state index contributed by atoms with van der Waals surface area (Å²) in [4.78, 5) is 24.7. The molecule has 0 spiro atoms. The number of nitro groups is 1. The number of aromatic nitrogens is 2. The van der Waals surface area contributed by atoms with Crippen molar-refractivity contribution in [1.29, 1.82) is 0 Å². The molecule has 1 N–H and O–H groups in total. The molecule has 0 bridgehead atoms. The number of non-ortho nitro benzene ring substituents is 1. The van der Waals surface area contributed by atoms with Crippen LogP contribution >= 0.6 is 0 Å². The molecule has 128 valence electrons. The number of amides is 1. The maximum absolute atomic E-state index is 12.4. The van der Waals surface area contributed by atoms with Crippen molar-refractivity contribution in [3.05, 3.63) is 51.3 Å². The fraction of sp³-hybridized carbons (Fsp3) is 0.375. The molecule has 8 nitrogen and oxygen atoms in total. The Morgan fingerprint density at radius 2 is 1.92 bits per heavy atom. The van der Waals surface area contributed by atoms with Crippen LogP contribution in [0, 0.1) is 24.0 Å². The van der Waals surface area contributed by atoms with Crippen molar-refractivity contribution in [2.75, 3.05) is 27.2 Å². The van der Waals surface area contributed by atoms with Gasteiger partial charge >= 0.3 is 0 Å². The summed E-state index contributed by atoms with van der Waals surface area (Å²) in [5.41, 5.74) is 2.54. The monoisotopic (exact) mass is 331 g/mol. The number of nitro benzene ring substituents is 1. The van der Waals surface area contributed by atoms with Crippen LogP contribution in [-0.4, -0.2) is 52.7 Å². The van der Waals surface area contributed by atoms with Gasteiger partial charge in [0, 0.05) is 25.2 Å². The van der Waals surface area contributed by atoms with Gasteiger partial charge in [-0.25, -0.2) is 4.68 Å². The maximum atomic E-state index is 12.4. The van der Waals surface area contributed by atoms with Gasteiger partial charge in [-0.05, 0) is 40.1 Å². The number of aryl methyl sites for hydroxylation is 1. The predicted molar refractivity (Wildman–Crippen MR) is 90.6 cm³/mol. The summed E-state index contributed by atoms with van der Waals surface area (Å²) in [6.07, 6.45) is 0. The van der Waals surface area contributed by atoms with E-state index in [1.165, 1.54) is 12.1 Å². The molecule has 0 atom stereocenters. The van der Waals surface area contributed by atoms with Gasteiger partial charge in [-0.1, -0.05) is 0 Å². The second-order valence-corrected chi connectivity index (χ2v) is 5.79. The zero-order valence-electron chi connectivity index (χ0n) is 14.2. The first-order valence-electron chi connectivity index (χ1n) is 7.55. The van der Waals surface area contributed by atoms with E-state index in [1.54, 1.807) is 23.7 Å². The first-order chi connectivity index (χ1) is 11.3. The third kappa shape index (κ3) is 3.77. The molecule has 0 unspecified atom stereocenters. The Balaban J connectivity index is 2.25. The number of carbonyl (C=O) groups excluding carboxylic acids is 1. The minimum Gasteiger partial charge on any atom is -0.351 e. The van der Waals surface area contributed by atoms with Gasteiger partial charge in [0.05, 0.1) is 27.6 Å². The van der Waals surface area contributed by atoms with Crippen molar-refractivity contribution >= 4 is 11.6 Å². The average Bonchev–Trinajstić information content (AvgIpc) is 2.81. The topological polar surface area (TPSA) is 93.3 Å². The van der Waals surface area contributed by atoms with E-state index >= 15 is 0 Å². The van der Waals surface area contributed by atoms with E-state index in [0.29, 0.717) is 29.2 Å². The second kappa shape index (κ2) is 7.22. The van der Waals surface area contributed by atoms with E-state index in [0.717, 1.165) is 6.54 Å². The first kappa shape index (κ1) is 17.6. The van der Waals surface area contributed by atoms with Gasteiger partial charge in [-0.2, -0.15) is 5.10 Å². The van der Waals surface area contributed by atoms with Crippen LogP contribution in [-0.2, 0) is 0 Å². The molecule has 1 aromatic heterocycles. The van der Waals surface area contributed by atoms with Crippen molar-refractivity contribution in [1.82, 2.24) is 20.0 Å². The third-order valence-corrected chi connectivity index (χ3v) is 3.67. The van der Waals surface area contributed by atoms with Crippen LogP contribution in [0.4, 0.5) is 5.69 Å². The zero-order chi connectivity index (χ0) is 17.9. The van der Waals surface area contributed by atoms with Crippen LogP contribution in [0.3, 0.4) is 0 Å². The molecule has 0 aliphatic carbocycles. The lowest BCUT2D eigenvalue weighted by Crippen LogP contribution is -2.31. The van der Waals surface area contributed by atoms with Gasteiger partial charge in [-0.15, -0.1) is 0 Å². The van der Waals surface area contributed by atoms with Crippen molar-refractivity contribution in [2.45, 2.75) is 13.8 Å². The number of rotatable bonds is 6. The number of hydrogen-bond donors (Lipinski definition) is 1. The number of hydrogen-bond acceptors (Lipinski definition) is 5. The smallest absolute Gasteiger partial charge is 0.269 e. The Morgan fingerprint density at radius 3 is 2.46 bits per heavy atom. The van der Waals surface area contributed by atoms with Crippen LogP contribution < -0.4 is 5.32 Å². The van der Waals surface area contributed by atoms with Gasteiger partial charge in [0.15, 0.2) is 0 Å². The van der Waals surface area contributed by atoms with Gasteiger partial charge in [0.1, 0.15) is 0 Å². The minimum absolute atomic E-state index is 0.0157. The highest BCUT2D eigenvalue weighted by Crippen LogP contribution is 2.20. The van der Waals surface area contributed by atoms with Crippen molar-refractivity contribution in [3.8, 4) is 5.69 Å². The lowest BCUT2D eigenvalue weighted by Gasteiger charge is -2.10. The van der Waals surface area contributed by atoms with Crippen LogP contribution in [0.15, 0.2) is 24.3 Å². The molecular weight excluding hydrogens is 310 g/mol. The highest BCUT2D eigenvalue weighted by Gasteiger charge is 2.19. The highest BCUT2D eigenvalue weighted by molar-refractivity contribution is 5.96. The molecule has 0 aliphatic heterocycles. The normalized spacial score (nSPS) is 10.9. The Kier molecular flexibility index (Phi) is 5.30. The van der Waals surface area contributed by atoms with Gasteiger partial charge in [-0.3, -0.25) is 14.9 Å². The zero-order valence-corrected chi connectivity index (χ0v) is 14.2. The number of nitrogens with one attached hydrogen (secondary N) is 1.